The van der Waals surface area contributed by atoms with Crippen LogP contribution in [0.4, 0.5) is 0 Å². The molecular weight excluding hydrogens is 258 g/mol. The molecule has 2 rings (SSSR count). The fourth-order valence-corrected chi connectivity index (χ4v) is 2.41. The summed E-state index contributed by atoms with van der Waals surface area (Å²) in [6.45, 7) is 6.85. The summed E-state index contributed by atoms with van der Waals surface area (Å²) in [5.41, 5.74) is 0.741. The van der Waals surface area contributed by atoms with E-state index in [0.717, 1.165) is 31.7 Å². The van der Waals surface area contributed by atoms with E-state index in [4.69, 9.17) is 14.2 Å². The molecule has 1 unspecified atom stereocenters. The van der Waals surface area contributed by atoms with E-state index in [1.807, 2.05) is 24.7 Å². The van der Waals surface area contributed by atoms with E-state index in [2.05, 4.69) is 10.3 Å². The first kappa shape index (κ1) is 15.4. The van der Waals surface area contributed by atoms with Gasteiger partial charge in [0.05, 0.1) is 12.3 Å². The summed E-state index contributed by atoms with van der Waals surface area (Å²) >= 11 is 0. The number of ether oxygens (including phenoxy) is 3. The maximum Gasteiger partial charge on any atom is 0.204 e. The summed E-state index contributed by atoms with van der Waals surface area (Å²) in [5.74, 6) is 0. The lowest BCUT2D eigenvalue weighted by atomic mass is 10.1. The van der Waals surface area contributed by atoms with Crippen LogP contribution in [-0.4, -0.2) is 40.9 Å². The van der Waals surface area contributed by atoms with Crippen molar-refractivity contribution in [2.24, 2.45) is 0 Å². The third-order valence-corrected chi connectivity index (χ3v) is 3.37. The van der Waals surface area contributed by atoms with Crippen LogP contribution >= 0.6 is 0 Å². The second kappa shape index (κ2) is 8.34. The fourth-order valence-electron chi connectivity index (χ4n) is 2.41. The Balaban J connectivity index is 1.77. The van der Waals surface area contributed by atoms with Crippen LogP contribution in [0.5, 0.6) is 0 Å². The molecule has 0 amide bonds. The van der Waals surface area contributed by atoms with E-state index in [1.165, 1.54) is 12.8 Å². The van der Waals surface area contributed by atoms with Crippen LogP contribution in [-0.2, 0) is 20.8 Å². The molecule has 1 aromatic rings. The van der Waals surface area contributed by atoms with E-state index >= 15 is 0 Å². The predicted molar refractivity (Wildman–Crippen MR) is 74.2 cm³/mol. The van der Waals surface area contributed by atoms with Gasteiger partial charge in [0.1, 0.15) is 5.69 Å². The number of aryl methyl sites for hydroxylation is 1. The van der Waals surface area contributed by atoms with Crippen molar-refractivity contribution in [1.82, 2.24) is 15.0 Å². The number of hydrogen-bond acceptors (Lipinski definition) is 5. The molecule has 0 aliphatic carbocycles. The average Bonchev–Trinajstić information content (AvgIpc) is 3.10. The maximum atomic E-state index is 5.61. The second-order valence-electron chi connectivity index (χ2n) is 4.93. The molecule has 0 spiro atoms. The molecule has 1 aromatic heterocycles. The van der Waals surface area contributed by atoms with Gasteiger partial charge in [0, 0.05) is 26.4 Å². The van der Waals surface area contributed by atoms with E-state index in [-0.39, 0.29) is 0 Å². The van der Waals surface area contributed by atoms with Gasteiger partial charge in [0.15, 0.2) is 0 Å². The lowest BCUT2D eigenvalue weighted by molar-refractivity contribution is -0.142. The van der Waals surface area contributed by atoms with Crippen molar-refractivity contribution in [2.75, 3.05) is 19.8 Å². The Morgan fingerprint density at radius 1 is 1.40 bits per heavy atom. The quantitative estimate of drug-likeness (QED) is 0.651. The molecule has 6 nitrogen and oxygen atoms in total. The normalized spacial score (nSPS) is 19.1. The third-order valence-electron chi connectivity index (χ3n) is 3.37. The second-order valence-corrected chi connectivity index (χ2v) is 4.93. The van der Waals surface area contributed by atoms with Crippen LogP contribution in [0, 0.1) is 0 Å². The standard InChI is InChI=1S/C14H25N3O3/c1-3-18-14(19-4-2)13-11-17(16-15-13)9-5-7-12-8-6-10-20-12/h11-12,14H,3-10H2,1-2H3. The van der Waals surface area contributed by atoms with Gasteiger partial charge in [-0.15, -0.1) is 5.10 Å². The van der Waals surface area contributed by atoms with Crippen LogP contribution in [0.15, 0.2) is 6.20 Å². The molecule has 20 heavy (non-hydrogen) atoms. The number of nitrogens with zero attached hydrogens (tertiary/aromatic N) is 3. The molecular formula is C14H25N3O3. The number of rotatable bonds is 9. The van der Waals surface area contributed by atoms with Crippen molar-refractivity contribution in [3.8, 4) is 0 Å². The zero-order valence-corrected chi connectivity index (χ0v) is 12.5. The highest BCUT2D eigenvalue weighted by Gasteiger charge is 2.17. The SMILES string of the molecule is CCOC(OCC)c1cn(CCCC2CCCO2)nn1. The van der Waals surface area contributed by atoms with Crippen molar-refractivity contribution in [3.63, 3.8) is 0 Å². The molecule has 0 N–H and O–H groups in total. The van der Waals surface area contributed by atoms with Crippen molar-refractivity contribution >= 4 is 0 Å². The summed E-state index contributed by atoms with van der Waals surface area (Å²) in [4.78, 5) is 0. The zero-order valence-electron chi connectivity index (χ0n) is 12.5. The van der Waals surface area contributed by atoms with Crippen molar-refractivity contribution in [3.05, 3.63) is 11.9 Å². The first-order valence-electron chi connectivity index (χ1n) is 7.58. The smallest absolute Gasteiger partial charge is 0.204 e. The van der Waals surface area contributed by atoms with Crippen LogP contribution in [0.3, 0.4) is 0 Å². The molecule has 2 heterocycles. The minimum Gasteiger partial charge on any atom is -0.378 e. The minimum atomic E-state index is -0.406. The van der Waals surface area contributed by atoms with Gasteiger partial charge in [0.25, 0.3) is 0 Å². The Morgan fingerprint density at radius 3 is 2.85 bits per heavy atom. The Hall–Kier alpha value is -0.980. The maximum absolute atomic E-state index is 5.61. The first-order valence-corrected chi connectivity index (χ1v) is 7.58. The molecule has 6 heteroatoms. The van der Waals surface area contributed by atoms with E-state index < -0.39 is 6.29 Å². The topological polar surface area (TPSA) is 58.4 Å². The first-order chi connectivity index (χ1) is 9.83. The Labute approximate surface area is 120 Å². The highest BCUT2D eigenvalue weighted by molar-refractivity contribution is 4.94. The highest BCUT2D eigenvalue weighted by atomic mass is 16.7. The van der Waals surface area contributed by atoms with Gasteiger partial charge in [0.2, 0.25) is 6.29 Å². The lowest BCUT2D eigenvalue weighted by Gasteiger charge is -2.13. The van der Waals surface area contributed by atoms with Gasteiger partial charge < -0.3 is 14.2 Å². The number of hydrogen-bond donors (Lipinski definition) is 0. The van der Waals surface area contributed by atoms with Crippen LogP contribution in [0.25, 0.3) is 0 Å². The monoisotopic (exact) mass is 283 g/mol. The van der Waals surface area contributed by atoms with E-state index in [1.54, 1.807) is 0 Å². The summed E-state index contributed by atoms with van der Waals surface area (Å²) < 4.78 is 18.5. The predicted octanol–water partition coefficient (Wildman–Crippen LogP) is 2.31. The Bertz CT molecular complexity index is 371. The molecule has 1 atom stereocenters. The lowest BCUT2D eigenvalue weighted by Crippen LogP contribution is -2.09. The van der Waals surface area contributed by atoms with Crippen LogP contribution in [0.1, 0.15) is 51.5 Å². The van der Waals surface area contributed by atoms with Crippen LogP contribution < -0.4 is 0 Å². The van der Waals surface area contributed by atoms with Gasteiger partial charge in [-0.3, -0.25) is 4.68 Å². The minimum absolute atomic E-state index is 0.406. The molecule has 0 saturated carbocycles. The van der Waals surface area contributed by atoms with Crippen molar-refractivity contribution < 1.29 is 14.2 Å². The van der Waals surface area contributed by atoms with Crippen molar-refractivity contribution in [2.45, 2.75) is 58.5 Å². The van der Waals surface area contributed by atoms with Gasteiger partial charge in [-0.2, -0.15) is 0 Å². The summed E-state index contributed by atoms with van der Waals surface area (Å²) in [6, 6.07) is 0. The molecule has 1 aliphatic rings. The molecule has 0 aromatic carbocycles. The largest absolute Gasteiger partial charge is 0.378 e. The molecule has 0 radical (unpaired) electrons. The molecule has 114 valence electrons. The summed E-state index contributed by atoms with van der Waals surface area (Å²) in [5, 5.41) is 8.27. The van der Waals surface area contributed by atoms with Crippen molar-refractivity contribution in [1.29, 1.82) is 0 Å². The Morgan fingerprint density at radius 2 is 2.20 bits per heavy atom. The molecule has 1 fully saturated rings. The van der Waals surface area contributed by atoms with Gasteiger partial charge in [-0.25, -0.2) is 0 Å². The van der Waals surface area contributed by atoms with Gasteiger partial charge in [-0.1, -0.05) is 5.21 Å². The fraction of sp³-hybridized carbons (Fsp3) is 0.857. The summed E-state index contributed by atoms with van der Waals surface area (Å²) in [7, 11) is 0. The summed E-state index contributed by atoms with van der Waals surface area (Å²) in [6.07, 6.45) is 6.49. The third kappa shape index (κ3) is 4.54. The van der Waals surface area contributed by atoms with Crippen LogP contribution in [0.2, 0.25) is 0 Å². The molecule has 1 saturated heterocycles. The number of aromatic nitrogens is 3. The van der Waals surface area contributed by atoms with Gasteiger partial charge >= 0.3 is 0 Å². The molecule has 0 bridgehead atoms. The van der Waals surface area contributed by atoms with Gasteiger partial charge in [-0.05, 0) is 39.5 Å². The zero-order chi connectivity index (χ0) is 14.2. The molecule has 1 aliphatic heterocycles. The van der Waals surface area contributed by atoms with E-state index in [9.17, 15) is 0 Å². The average molecular weight is 283 g/mol. The Kier molecular flexibility index (Phi) is 6.42. The van der Waals surface area contributed by atoms with E-state index in [0.29, 0.717) is 19.3 Å². The highest BCUT2D eigenvalue weighted by Crippen LogP contribution is 2.18.